The Morgan fingerprint density at radius 1 is 0.636 bits per heavy atom. The van der Waals surface area contributed by atoms with E-state index in [4.69, 9.17) is 0 Å². The average Bonchev–Trinajstić information content (AvgIpc) is 2.44. The van der Waals surface area contributed by atoms with Gasteiger partial charge < -0.3 is 0 Å². The minimum atomic E-state index is 0.946. The Morgan fingerprint density at radius 2 is 1.00 bits per heavy atom. The Morgan fingerprint density at radius 3 is 1.32 bits per heavy atom. The second-order valence-electron chi connectivity index (χ2n) is 6.01. The van der Waals surface area contributed by atoms with Crippen LogP contribution in [0.15, 0.2) is 46.6 Å². The first-order chi connectivity index (χ1) is 10.4. The Hall–Kier alpha value is -2.22. The summed E-state index contributed by atoms with van der Waals surface area (Å²) in [7, 11) is 0. The third-order valence-electron chi connectivity index (χ3n) is 3.89. The van der Waals surface area contributed by atoms with Crippen molar-refractivity contribution in [3.05, 3.63) is 69.8 Å². The van der Waals surface area contributed by atoms with Crippen LogP contribution in [0.3, 0.4) is 0 Å². The molecule has 0 aromatic heterocycles. The summed E-state index contributed by atoms with van der Waals surface area (Å²) in [6.45, 7) is 12.5. The highest BCUT2D eigenvalue weighted by Crippen LogP contribution is 2.14. The highest BCUT2D eigenvalue weighted by atomic mass is 15.2. The van der Waals surface area contributed by atoms with Crippen LogP contribution in [-0.4, -0.2) is 11.4 Å². The fourth-order valence-corrected chi connectivity index (χ4v) is 2.70. The number of hydrogen-bond acceptors (Lipinski definition) is 2. The van der Waals surface area contributed by atoms with E-state index in [0.717, 1.165) is 22.6 Å². The van der Waals surface area contributed by atoms with E-state index in [9.17, 15) is 0 Å². The van der Waals surface area contributed by atoms with E-state index in [2.05, 4.69) is 74.3 Å². The molecule has 22 heavy (non-hydrogen) atoms. The Kier molecular flexibility index (Phi) is 4.92. The van der Waals surface area contributed by atoms with Crippen LogP contribution in [0.4, 0.5) is 0 Å². The third-order valence-corrected chi connectivity index (χ3v) is 3.89. The largest absolute Gasteiger partial charge is 0.155 e. The molecule has 114 valence electrons. The summed E-state index contributed by atoms with van der Waals surface area (Å²) >= 11 is 0. The van der Waals surface area contributed by atoms with Gasteiger partial charge in [-0.2, -0.15) is 10.2 Å². The molecule has 0 radical (unpaired) electrons. The van der Waals surface area contributed by atoms with Crippen molar-refractivity contribution in [2.24, 2.45) is 10.2 Å². The molecule has 2 aromatic rings. The number of rotatable bonds is 3. The maximum absolute atomic E-state index is 4.43. The average molecular weight is 292 g/mol. The second-order valence-corrected chi connectivity index (χ2v) is 6.01. The van der Waals surface area contributed by atoms with Crippen LogP contribution in [0, 0.1) is 27.7 Å². The van der Waals surface area contributed by atoms with Crippen molar-refractivity contribution in [3.63, 3.8) is 0 Å². The van der Waals surface area contributed by atoms with Gasteiger partial charge in [-0.15, -0.1) is 0 Å². The summed E-state index contributed by atoms with van der Waals surface area (Å²) in [5.41, 5.74) is 9.21. The summed E-state index contributed by atoms with van der Waals surface area (Å²) in [6.07, 6.45) is 0. The SMILES string of the molecule is CC(=N/N=C(\C)c1ccc(C)cc1C)c1ccc(C)cc1C. The van der Waals surface area contributed by atoms with E-state index in [0.29, 0.717) is 0 Å². The van der Waals surface area contributed by atoms with Crippen LogP contribution in [-0.2, 0) is 0 Å². The molecule has 0 fully saturated rings. The third kappa shape index (κ3) is 3.70. The molecule has 0 N–H and O–H groups in total. The van der Waals surface area contributed by atoms with Gasteiger partial charge in [-0.3, -0.25) is 0 Å². The van der Waals surface area contributed by atoms with Crippen LogP contribution in [0.2, 0.25) is 0 Å². The summed E-state index contributed by atoms with van der Waals surface area (Å²) in [4.78, 5) is 0. The second kappa shape index (κ2) is 6.69. The van der Waals surface area contributed by atoms with Crippen LogP contribution >= 0.6 is 0 Å². The molecule has 0 aliphatic carbocycles. The zero-order valence-electron chi connectivity index (χ0n) is 14.4. The highest BCUT2D eigenvalue weighted by molar-refractivity contribution is 6.03. The quantitative estimate of drug-likeness (QED) is 0.552. The highest BCUT2D eigenvalue weighted by Gasteiger charge is 2.04. The lowest BCUT2D eigenvalue weighted by molar-refractivity contribution is 1.20. The topological polar surface area (TPSA) is 24.7 Å². The molecule has 2 aromatic carbocycles. The van der Waals surface area contributed by atoms with Gasteiger partial charge in [0.1, 0.15) is 0 Å². The fraction of sp³-hybridized carbons (Fsp3) is 0.300. The van der Waals surface area contributed by atoms with Crippen LogP contribution in [0.25, 0.3) is 0 Å². The first-order valence-electron chi connectivity index (χ1n) is 7.62. The molecule has 0 aliphatic heterocycles. The van der Waals surface area contributed by atoms with Crippen LogP contribution < -0.4 is 0 Å². The fourth-order valence-electron chi connectivity index (χ4n) is 2.70. The maximum atomic E-state index is 4.43. The Bertz CT molecular complexity index is 687. The first kappa shape index (κ1) is 16.2. The molecule has 0 spiro atoms. The van der Waals surface area contributed by atoms with Crippen molar-refractivity contribution < 1.29 is 0 Å². The lowest BCUT2D eigenvalue weighted by Crippen LogP contribution is -2.01. The Balaban J connectivity index is 2.32. The van der Waals surface area contributed by atoms with E-state index in [1.54, 1.807) is 0 Å². The van der Waals surface area contributed by atoms with Crippen LogP contribution in [0.5, 0.6) is 0 Å². The molecule has 0 saturated heterocycles. The van der Waals surface area contributed by atoms with Gasteiger partial charge in [-0.05, 0) is 52.7 Å². The lowest BCUT2D eigenvalue weighted by Gasteiger charge is -2.07. The van der Waals surface area contributed by atoms with E-state index in [-0.39, 0.29) is 0 Å². The predicted molar refractivity (Wildman–Crippen MR) is 96.3 cm³/mol. The van der Waals surface area contributed by atoms with Crippen molar-refractivity contribution in [1.82, 2.24) is 0 Å². The van der Waals surface area contributed by atoms with Crippen molar-refractivity contribution in [2.75, 3.05) is 0 Å². The van der Waals surface area contributed by atoms with Crippen molar-refractivity contribution in [2.45, 2.75) is 41.5 Å². The number of benzene rings is 2. The molecular formula is C20H24N2. The van der Waals surface area contributed by atoms with Gasteiger partial charge in [0.15, 0.2) is 0 Å². The number of nitrogens with zero attached hydrogens (tertiary/aromatic N) is 2. The Labute approximate surface area is 133 Å². The van der Waals surface area contributed by atoms with E-state index in [1.807, 2.05) is 13.8 Å². The summed E-state index contributed by atoms with van der Waals surface area (Å²) in [5, 5.41) is 8.86. The lowest BCUT2D eigenvalue weighted by atomic mass is 10.0. The van der Waals surface area contributed by atoms with Crippen molar-refractivity contribution >= 4 is 11.4 Å². The monoisotopic (exact) mass is 292 g/mol. The molecule has 0 amide bonds. The van der Waals surface area contributed by atoms with Gasteiger partial charge >= 0.3 is 0 Å². The molecule has 0 atom stereocenters. The zero-order chi connectivity index (χ0) is 16.3. The molecule has 2 rings (SSSR count). The van der Waals surface area contributed by atoms with E-state index < -0.39 is 0 Å². The number of hydrogen-bond donors (Lipinski definition) is 0. The molecule has 2 heteroatoms. The molecule has 0 saturated carbocycles. The maximum Gasteiger partial charge on any atom is 0.0674 e. The zero-order valence-corrected chi connectivity index (χ0v) is 14.4. The predicted octanol–water partition coefficient (Wildman–Crippen LogP) is 5.15. The smallest absolute Gasteiger partial charge is 0.0674 e. The van der Waals surface area contributed by atoms with E-state index >= 15 is 0 Å². The molecule has 0 heterocycles. The normalized spacial score (nSPS) is 12.6. The van der Waals surface area contributed by atoms with E-state index in [1.165, 1.54) is 22.3 Å². The van der Waals surface area contributed by atoms with Gasteiger partial charge in [0.05, 0.1) is 11.4 Å². The van der Waals surface area contributed by atoms with Gasteiger partial charge in [-0.1, -0.05) is 47.5 Å². The van der Waals surface area contributed by atoms with Crippen molar-refractivity contribution in [1.29, 1.82) is 0 Å². The number of aryl methyl sites for hydroxylation is 4. The van der Waals surface area contributed by atoms with Gasteiger partial charge in [0, 0.05) is 11.1 Å². The summed E-state index contributed by atoms with van der Waals surface area (Å²) in [5.74, 6) is 0. The first-order valence-corrected chi connectivity index (χ1v) is 7.62. The van der Waals surface area contributed by atoms with Gasteiger partial charge in [0.25, 0.3) is 0 Å². The molecule has 2 nitrogen and oxygen atoms in total. The van der Waals surface area contributed by atoms with Crippen LogP contribution in [0.1, 0.15) is 47.2 Å². The van der Waals surface area contributed by atoms with Crippen molar-refractivity contribution in [3.8, 4) is 0 Å². The molecule has 0 bridgehead atoms. The standard InChI is InChI=1S/C20H24N2/c1-13-7-9-19(15(3)11-13)17(5)21-22-18(6)20-10-8-14(2)12-16(20)4/h7-12H,1-6H3/b21-17+,22-18?. The summed E-state index contributed by atoms with van der Waals surface area (Å²) in [6, 6.07) is 12.8. The molecular weight excluding hydrogens is 268 g/mol. The minimum absolute atomic E-state index is 0.946. The summed E-state index contributed by atoms with van der Waals surface area (Å²) < 4.78 is 0. The minimum Gasteiger partial charge on any atom is -0.155 e. The molecule has 0 unspecified atom stereocenters. The van der Waals surface area contributed by atoms with Gasteiger partial charge in [-0.25, -0.2) is 0 Å². The molecule has 0 aliphatic rings. The van der Waals surface area contributed by atoms with Gasteiger partial charge in [0.2, 0.25) is 0 Å².